The van der Waals surface area contributed by atoms with E-state index in [0.29, 0.717) is 5.02 Å². The summed E-state index contributed by atoms with van der Waals surface area (Å²) in [6, 6.07) is 15.4. The van der Waals surface area contributed by atoms with E-state index in [1.165, 1.54) is 41.7 Å². The van der Waals surface area contributed by atoms with Gasteiger partial charge in [0, 0.05) is 14.6 Å². The van der Waals surface area contributed by atoms with E-state index in [9.17, 15) is 13.7 Å². The molecule has 24 heavy (non-hydrogen) atoms. The highest BCUT2D eigenvalue weighted by molar-refractivity contribution is 7.95. The number of hydrogen-bond donors (Lipinski definition) is 0. The first-order valence-corrected chi connectivity index (χ1v) is 9.72. The lowest BCUT2D eigenvalue weighted by Crippen LogP contribution is -2.03. The lowest BCUT2D eigenvalue weighted by atomic mass is 10.1. The smallest absolute Gasteiger partial charge is 0.216 e. The highest BCUT2D eigenvalue weighted by Gasteiger charge is 2.21. The van der Waals surface area contributed by atoms with E-state index in [-0.39, 0.29) is 9.80 Å². The van der Waals surface area contributed by atoms with Crippen LogP contribution < -0.4 is 0 Å². The summed E-state index contributed by atoms with van der Waals surface area (Å²) in [4.78, 5) is 0.545. The molecule has 3 nitrogen and oxygen atoms in total. The second-order valence-corrected chi connectivity index (χ2v) is 8.60. The molecule has 3 rings (SSSR count). The molecule has 0 aliphatic rings. The van der Waals surface area contributed by atoms with Crippen LogP contribution in [0.4, 0.5) is 0 Å². The molecular weight excluding hydrogens is 362 g/mol. The fraction of sp³-hybridized carbons (Fsp3) is 0.0556. The normalized spacial score (nSPS) is 12.3. The van der Waals surface area contributed by atoms with Crippen LogP contribution in [0.2, 0.25) is 5.02 Å². The summed E-state index contributed by atoms with van der Waals surface area (Å²) in [5.74, 6) is 0. The molecular formula is C18H12ClNO2S2. The molecule has 0 aliphatic carbocycles. The molecule has 0 aliphatic heterocycles. The number of sulfone groups is 1. The van der Waals surface area contributed by atoms with Crippen LogP contribution in [-0.2, 0) is 9.84 Å². The molecule has 2 aromatic carbocycles. The first kappa shape index (κ1) is 16.7. The maximum Gasteiger partial charge on any atom is 0.216 e. The predicted octanol–water partition coefficient (Wildman–Crippen LogP) is 5.20. The lowest BCUT2D eigenvalue weighted by molar-refractivity contribution is 0.603. The molecule has 0 unspecified atom stereocenters. The number of nitriles is 1. The Bertz CT molecular complexity index is 1090. The number of allylic oxidation sites excluding steroid dienone is 1. The average molecular weight is 374 g/mol. The fourth-order valence-electron chi connectivity index (χ4n) is 2.36. The fourth-order valence-corrected chi connectivity index (χ4v) is 4.86. The van der Waals surface area contributed by atoms with Crippen molar-refractivity contribution in [3.05, 3.63) is 68.9 Å². The predicted molar refractivity (Wildman–Crippen MR) is 98.8 cm³/mol. The Morgan fingerprint density at radius 2 is 1.83 bits per heavy atom. The van der Waals surface area contributed by atoms with Crippen molar-refractivity contribution in [2.75, 3.05) is 0 Å². The minimum absolute atomic E-state index is 0.0541. The van der Waals surface area contributed by atoms with Crippen LogP contribution in [0, 0.1) is 18.3 Å². The molecule has 0 amide bonds. The topological polar surface area (TPSA) is 57.9 Å². The summed E-state index contributed by atoms with van der Waals surface area (Å²) >= 11 is 7.27. The van der Waals surface area contributed by atoms with Crippen LogP contribution in [0.1, 0.15) is 10.4 Å². The van der Waals surface area contributed by atoms with Gasteiger partial charge in [0.25, 0.3) is 0 Å². The Morgan fingerprint density at radius 1 is 1.17 bits per heavy atom. The molecule has 0 atom stereocenters. The maximum atomic E-state index is 12.7. The van der Waals surface area contributed by atoms with Gasteiger partial charge in [-0.25, -0.2) is 8.42 Å². The van der Waals surface area contributed by atoms with Crippen LogP contribution in [0.15, 0.2) is 58.3 Å². The van der Waals surface area contributed by atoms with Gasteiger partial charge in [0.1, 0.15) is 6.07 Å². The molecule has 0 saturated carbocycles. The number of nitrogens with zero attached hydrogens (tertiary/aromatic N) is 1. The number of fused-ring (bicyclic) bond motifs is 1. The quantitative estimate of drug-likeness (QED) is 0.593. The minimum atomic E-state index is -3.87. The zero-order chi connectivity index (χ0) is 17.3. The van der Waals surface area contributed by atoms with Gasteiger partial charge < -0.3 is 0 Å². The van der Waals surface area contributed by atoms with Crippen LogP contribution in [-0.4, -0.2) is 8.42 Å². The Hall–Kier alpha value is -2.13. The number of hydrogen-bond acceptors (Lipinski definition) is 4. The molecule has 3 aromatic rings. The van der Waals surface area contributed by atoms with E-state index in [1.54, 1.807) is 0 Å². The van der Waals surface area contributed by atoms with Crippen molar-refractivity contribution in [1.82, 2.24) is 0 Å². The molecule has 0 spiro atoms. The molecule has 120 valence electrons. The van der Waals surface area contributed by atoms with Gasteiger partial charge in [0.2, 0.25) is 9.84 Å². The van der Waals surface area contributed by atoms with Crippen molar-refractivity contribution < 1.29 is 8.42 Å². The molecule has 0 bridgehead atoms. The summed E-state index contributed by atoms with van der Waals surface area (Å²) in [7, 11) is -3.87. The first-order valence-electron chi connectivity index (χ1n) is 7.04. The highest BCUT2D eigenvalue weighted by atomic mass is 35.5. The molecule has 1 aromatic heterocycles. The van der Waals surface area contributed by atoms with Crippen molar-refractivity contribution in [2.45, 2.75) is 11.8 Å². The Balaban J connectivity index is 2.13. The number of benzene rings is 2. The number of halogens is 1. The summed E-state index contributed by atoms with van der Waals surface area (Å²) in [5, 5.41) is 10.9. The third kappa shape index (κ3) is 2.96. The van der Waals surface area contributed by atoms with Crippen LogP contribution in [0.5, 0.6) is 0 Å². The SMILES string of the molecule is Cc1c(C=C(C#N)S(=O)(=O)c2ccc(Cl)cc2)sc2ccccc12. The third-order valence-corrected chi connectivity index (χ3v) is 6.82. The highest BCUT2D eigenvalue weighted by Crippen LogP contribution is 2.33. The summed E-state index contributed by atoms with van der Waals surface area (Å²) < 4.78 is 26.4. The standard InChI is InChI=1S/C18H12ClNO2S2/c1-12-16-4-2-3-5-17(16)23-18(12)10-15(11-20)24(21,22)14-8-6-13(19)7-9-14/h2-10H,1H3. The monoisotopic (exact) mass is 373 g/mol. The average Bonchev–Trinajstić information content (AvgIpc) is 2.89. The lowest BCUT2D eigenvalue weighted by Gasteiger charge is -2.03. The summed E-state index contributed by atoms with van der Waals surface area (Å²) in [6.07, 6.45) is 1.45. The molecule has 0 fully saturated rings. The van der Waals surface area contributed by atoms with Gasteiger partial charge in [0.05, 0.1) is 4.90 Å². The van der Waals surface area contributed by atoms with Gasteiger partial charge in [-0.2, -0.15) is 5.26 Å². The second-order valence-electron chi connectivity index (χ2n) is 5.17. The van der Waals surface area contributed by atoms with E-state index in [2.05, 4.69) is 0 Å². The molecule has 0 N–H and O–H groups in total. The van der Waals surface area contributed by atoms with Crippen LogP contribution in [0.3, 0.4) is 0 Å². The van der Waals surface area contributed by atoms with E-state index in [1.807, 2.05) is 37.3 Å². The minimum Gasteiger partial charge on any atom is -0.218 e. The van der Waals surface area contributed by atoms with Gasteiger partial charge in [-0.3, -0.25) is 0 Å². The Kier molecular flexibility index (Phi) is 4.46. The van der Waals surface area contributed by atoms with Crippen LogP contribution in [0.25, 0.3) is 16.2 Å². The van der Waals surface area contributed by atoms with E-state index < -0.39 is 9.84 Å². The van der Waals surface area contributed by atoms with Crippen LogP contribution >= 0.6 is 22.9 Å². The largest absolute Gasteiger partial charge is 0.218 e. The van der Waals surface area contributed by atoms with E-state index in [4.69, 9.17) is 11.6 Å². The van der Waals surface area contributed by atoms with Gasteiger partial charge in [-0.15, -0.1) is 11.3 Å². The van der Waals surface area contributed by atoms with Gasteiger partial charge >= 0.3 is 0 Å². The third-order valence-electron chi connectivity index (χ3n) is 3.67. The van der Waals surface area contributed by atoms with Gasteiger partial charge in [-0.1, -0.05) is 29.8 Å². The second kappa shape index (κ2) is 6.40. The molecule has 1 heterocycles. The zero-order valence-electron chi connectivity index (χ0n) is 12.7. The van der Waals surface area contributed by atoms with Gasteiger partial charge in [-0.05, 0) is 54.3 Å². The molecule has 0 radical (unpaired) electrons. The van der Waals surface area contributed by atoms with Crippen molar-refractivity contribution in [1.29, 1.82) is 5.26 Å². The zero-order valence-corrected chi connectivity index (χ0v) is 15.0. The van der Waals surface area contributed by atoms with Gasteiger partial charge in [0.15, 0.2) is 4.91 Å². The van der Waals surface area contributed by atoms with Crippen molar-refractivity contribution >= 4 is 48.9 Å². The first-order chi connectivity index (χ1) is 11.4. The number of rotatable bonds is 3. The Labute approximate surface area is 149 Å². The summed E-state index contributed by atoms with van der Waals surface area (Å²) in [6.45, 7) is 1.93. The van der Waals surface area contributed by atoms with E-state index >= 15 is 0 Å². The van der Waals surface area contributed by atoms with E-state index in [0.717, 1.165) is 20.5 Å². The number of aryl methyl sites for hydroxylation is 1. The Morgan fingerprint density at radius 3 is 2.46 bits per heavy atom. The van der Waals surface area contributed by atoms with Crippen molar-refractivity contribution in [2.24, 2.45) is 0 Å². The van der Waals surface area contributed by atoms with Crippen molar-refractivity contribution in [3.63, 3.8) is 0 Å². The molecule has 6 heteroatoms. The maximum absolute atomic E-state index is 12.7. The number of thiophene rings is 1. The molecule has 0 saturated heterocycles. The van der Waals surface area contributed by atoms with Crippen molar-refractivity contribution in [3.8, 4) is 6.07 Å². The summed E-state index contributed by atoms with van der Waals surface area (Å²) in [5.41, 5.74) is 0.967.